The molecular weight excluding hydrogens is 298 g/mol. The molecule has 7 heteroatoms. The molecule has 0 bridgehead atoms. The highest BCUT2D eigenvalue weighted by Gasteiger charge is 2.31. The topological polar surface area (TPSA) is 96.0 Å². The number of nitrogens with zero attached hydrogens (tertiary/aromatic N) is 1. The lowest BCUT2D eigenvalue weighted by molar-refractivity contribution is 0.453. The molecule has 0 radical (unpaired) electrons. The number of halogens is 1. The maximum Gasteiger partial charge on any atom is 0.242 e. The summed E-state index contributed by atoms with van der Waals surface area (Å²) in [6, 6.07) is 6.08. The Morgan fingerprint density at radius 1 is 1.45 bits per heavy atom. The Balaban J connectivity index is 2.32. The number of benzene rings is 1. The van der Waals surface area contributed by atoms with Crippen molar-refractivity contribution in [2.75, 3.05) is 6.54 Å². The maximum absolute atomic E-state index is 12.4. The van der Waals surface area contributed by atoms with Crippen molar-refractivity contribution in [3.8, 4) is 6.07 Å². The van der Waals surface area contributed by atoms with Gasteiger partial charge in [-0.15, -0.1) is 0 Å². The maximum atomic E-state index is 12.4. The number of nitriles is 1. The summed E-state index contributed by atoms with van der Waals surface area (Å²) in [6.07, 6.45) is 2.64. The molecule has 2 unspecified atom stereocenters. The van der Waals surface area contributed by atoms with E-state index in [0.29, 0.717) is 6.54 Å². The van der Waals surface area contributed by atoms with Crippen molar-refractivity contribution in [3.63, 3.8) is 0 Å². The number of hydrogen-bond donors (Lipinski definition) is 2. The monoisotopic (exact) mass is 313 g/mol. The van der Waals surface area contributed by atoms with E-state index in [0.717, 1.165) is 19.3 Å². The van der Waals surface area contributed by atoms with Crippen LogP contribution in [0.15, 0.2) is 23.1 Å². The van der Waals surface area contributed by atoms with Gasteiger partial charge in [-0.2, -0.15) is 5.26 Å². The highest BCUT2D eigenvalue weighted by atomic mass is 35.5. The van der Waals surface area contributed by atoms with E-state index in [2.05, 4.69) is 4.72 Å². The standard InChI is InChI=1S/C13H16ClN3O2S/c14-11-4-2-6-13(10(11)8-16)20(18,19)17-12-5-1-3-9(12)7-15/h2,4,6,9,12,17H,1,3,5,7,15H2. The fourth-order valence-corrected chi connectivity index (χ4v) is 4.36. The summed E-state index contributed by atoms with van der Waals surface area (Å²) in [4.78, 5) is -0.0739. The van der Waals surface area contributed by atoms with Gasteiger partial charge in [-0.1, -0.05) is 24.1 Å². The lowest BCUT2D eigenvalue weighted by Crippen LogP contribution is -2.40. The molecule has 0 amide bonds. The predicted octanol–water partition coefficient (Wildman–Crippen LogP) is 1.62. The van der Waals surface area contributed by atoms with Crippen molar-refractivity contribution >= 4 is 21.6 Å². The Bertz CT molecular complexity index is 640. The number of hydrogen-bond acceptors (Lipinski definition) is 4. The largest absolute Gasteiger partial charge is 0.330 e. The van der Waals surface area contributed by atoms with Crippen molar-refractivity contribution in [2.24, 2.45) is 11.7 Å². The Kier molecular flexibility index (Phi) is 4.66. The van der Waals surface area contributed by atoms with Gasteiger partial charge in [0.05, 0.1) is 10.6 Å². The molecule has 3 N–H and O–H groups in total. The van der Waals surface area contributed by atoms with Crippen LogP contribution in [0.25, 0.3) is 0 Å². The Hall–Kier alpha value is -1.13. The van der Waals surface area contributed by atoms with Crippen molar-refractivity contribution in [1.82, 2.24) is 4.72 Å². The van der Waals surface area contributed by atoms with Gasteiger partial charge < -0.3 is 5.73 Å². The zero-order valence-electron chi connectivity index (χ0n) is 10.8. The van der Waals surface area contributed by atoms with Gasteiger partial charge in [0.1, 0.15) is 11.0 Å². The third kappa shape index (κ3) is 2.96. The summed E-state index contributed by atoms with van der Waals surface area (Å²) in [5.41, 5.74) is 5.63. The van der Waals surface area contributed by atoms with E-state index in [1.54, 1.807) is 0 Å². The minimum absolute atomic E-state index is 0.0241. The molecule has 20 heavy (non-hydrogen) atoms. The summed E-state index contributed by atoms with van der Waals surface area (Å²) >= 11 is 5.87. The van der Waals surface area contributed by atoms with Crippen molar-refractivity contribution in [2.45, 2.75) is 30.2 Å². The van der Waals surface area contributed by atoms with Gasteiger partial charge in [0, 0.05) is 6.04 Å². The molecule has 1 aromatic rings. The lowest BCUT2D eigenvalue weighted by Gasteiger charge is -2.19. The van der Waals surface area contributed by atoms with Gasteiger partial charge in [0.25, 0.3) is 0 Å². The average Bonchev–Trinajstić information content (AvgIpc) is 2.84. The zero-order chi connectivity index (χ0) is 14.8. The first kappa shape index (κ1) is 15.3. The van der Waals surface area contributed by atoms with E-state index in [-0.39, 0.29) is 27.4 Å². The molecule has 5 nitrogen and oxygen atoms in total. The van der Waals surface area contributed by atoms with E-state index in [1.165, 1.54) is 18.2 Å². The molecule has 0 aliphatic heterocycles. The molecule has 1 saturated carbocycles. The second kappa shape index (κ2) is 6.10. The molecular formula is C13H16ClN3O2S. The van der Waals surface area contributed by atoms with Gasteiger partial charge in [-0.25, -0.2) is 13.1 Å². The van der Waals surface area contributed by atoms with Crippen LogP contribution in [-0.2, 0) is 10.0 Å². The Morgan fingerprint density at radius 2 is 2.20 bits per heavy atom. The normalized spacial score (nSPS) is 22.6. The second-order valence-corrected chi connectivity index (χ2v) is 6.97. The lowest BCUT2D eigenvalue weighted by atomic mass is 10.1. The molecule has 1 aliphatic carbocycles. The Morgan fingerprint density at radius 3 is 2.85 bits per heavy atom. The van der Waals surface area contributed by atoms with Gasteiger partial charge in [-0.05, 0) is 37.4 Å². The summed E-state index contributed by atoms with van der Waals surface area (Å²) in [6.45, 7) is 0.452. The first-order valence-electron chi connectivity index (χ1n) is 6.40. The summed E-state index contributed by atoms with van der Waals surface area (Å²) < 4.78 is 27.5. The molecule has 0 heterocycles. The second-order valence-electron chi connectivity index (χ2n) is 4.88. The van der Waals surface area contributed by atoms with Crippen molar-refractivity contribution < 1.29 is 8.42 Å². The van der Waals surface area contributed by atoms with Gasteiger partial charge in [0.2, 0.25) is 10.0 Å². The van der Waals surface area contributed by atoms with Crippen LogP contribution in [0.5, 0.6) is 0 Å². The molecule has 0 aromatic heterocycles. The summed E-state index contributed by atoms with van der Waals surface area (Å²) in [7, 11) is -3.76. The summed E-state index contributed by atoms with van der Waals surface area (Å²) in [5.74, 6) is 0.148. The number of sulfonamides is 1. The third-order valence-corrected chi connectivity index (χ3v) is 5.49. The van der Waals surface area contributed by atoms with Gasteiger partial charge >= 0.3 is 0 Å². The summed E-state index contributed by atoms with van der Waals surface area (Å²) in [5, 5.41) is 9.21. The van der Waals surface area contributed by atoms with E-state index < -0.39 is 10.0 Å². The first-order chi connectivity index (χ1) is 9.49. The molecule has 1 aliphatic rings. The van der Waals surface area contributed by atoms with E-state index >= 15 is 0 Å². The number of nitrogens with two attached hydrogens (primary N) is 1. The van der Waals surface area contributed by atoms with Crippen LogP contribution in [0.3, 0.4) is 0 Å². The van der Waals surface area contributed by atoms with Crippen LogP contribution in [0.4, 0.5) is 0 Å². The van der Waals surface area contributed by atoms with E-state index in [1.807, 2.05) is 6.07 Å². The predicted molar refractivity (Wildman–Crippen MR) is 76.7 cm³/mol. The molecule has 2 atom stereocenters. The molecule has 2 rings (SSSR count). The van der Waals surface area contributed by atoms with Gasteiger partial charge in [0.15, 0.2) is 0 Å². The third-order valence-electron chi connectivity index (χ3n) is 3.65. The van der Waals surface area contributed by atoms with Crippen molar-refractivity contribution in [3.05, 3.63) is 28.8 Å². The number of nitrogens with one attached hydrogen (secondary N) is 1. The molecule has 1 aromatic carbocycles. The number of rotatable bonds is 4. The smallest absolute Gasteiger partial charge is 0.242 e. The molecule has 0 saturated heterocycles. The fourth-order valence-electron chi connectivity index (χ4n) is 2.57. The quantitative estimate of drug-likeness (QED) is 0.882. The SMILES string of the molecule is N#Cc1c(Cl)cccc1S(=O)(=O)NC1CCCC1CN. The van der Waals surface area contributed by atoms with Crippen LogP contribution in [0, 0.1) is 17.2 Å². The van der Waals surface area contributed by atoms with Crippen LogP contribution >= 0.6 is 11.6 Å². The molecule has 0 spiro atoms. The van der Waals surface area contributed by atoms with Crippen molar-refractivity contribution in [1.29, 1.82) is 5.26 Å². The van der Waals surface area contributed by atoms with Crippen LogP contribution < -0.4 is 10.5 Å². The zero-order valence-corrected chi connectivity index (χ0v) is 12.4. The van der Waals surface area contributed by atoms with E-state index in [9.17, 15) is 8.42 Å². The highest BCUT2D eigenvalue weighted by molar-refractivity contribution is 7.89. The average molecular weight is 314 g/mol. The van der Waals surface area contributed by atoms with Crippen LogP contribution in [0.1, 0.15) is 24.8 Å². The Labute approximate surface area is 123 Å². The molecule has 1 fully saturated rings. The van der Waals surface area contributed by atoms with Gasteiger partial charge in [-0.3, -0.25) is 0 Å². The highest BCUT2D eigenvalue weighted by Crippen LogP contribution is 2.28. The van der Waals surface area contributed by atoms with E-state index in [4.69, 9.17) is 22.6 Å². The fraction of sp³-hybridized carbons (Fsp3) is 0.462. The first-order valence-corrected chi connectivity index (χ1v) is 8.26. The van der Waals surface area contributed by atoms with Crippen LogP contribution in [0.2, 0.25) is 5.02 Å². The minimum Gasteiger partial charge on any atom is -0.330 e. The minimum atomic E-state index is -3.76. The van der Waals surface area contributed by atoms with Crippen LogP contribution in [-0.4, -0.2) is 21.0 Å². The molecule has 108 valence electrons.